The lowest BCUT2D eigenvalue weighted by Gasteiger charge is -2.17. The number of nitro groups is 1. The number of nitrogens with zero attached hydrogens (tertiary/aromatic N) is 2. The molecule has 9 heteroatoms. The number of hydrogen-bond donors (Lipinski definition) is 1. The summed E-state index contributed by atoms with van der Waals surface area (Å²) in [5.41, 5.74) is -0.231. The quantitative estimate of drug-likeness (QED) is 0.467. The normalized spacial score (nSPS) is 11.6. The van der Waals surface area contributed by atoms with E-state index in [0.717, 1.165) is 24.4 Å². The molecule has 0 saturated heterocycles. The predicted molar refractivity (Wildman–Crippen MR) is 85.2 cm³/mol. The summed E-state index contributed by atoms with van der Waals surface area (Å²) in [7, 11) is 0. The third-order valence-electron chi connectivity index (χ3n) is 3.37. The van der Waals surface area contributed by atoms with Gasteiger partial charge in [-0.15, -0.1) is 0 Å². The number of pyridine rings is 1. The number of anilines is 1. The van der Waals surface area contributed by atoms with Gasteiger partial charge in [0.05, 0.1) is 16.5 Å². The topological polar surface area (TPSA) is 94.4 Å². The first-order valence-corrected chi connectivity index (χ1v) is 7.40. The largest absolute Gasteiger partial charge is 0.460 e. The smallest absolute Gasteiger partial charge is 0.338 e. The first-order valence-electron chi connectivity index (χ1n) is 7.40. The van der Waals surface area contributed by atoms with E-state index in [-0.39, 0.29) is 23.9 Å². The second kappa shape index (κ2) is 8.13. The molecule has 0 radical (unpaired) electrons. The Hall–Kier alpha value is -3.10. The zero-order chi connectivity index (χ0) is 18.4. The van der Waals surface area contributed by atoms with Gasteiger partial charge < -0.3 is 10.1 Å². The molecular weight excluding hydrogens is 336 g/mol. The number of hydrogen-bond acceptors (Lipinski definition) is 6. The maximum Gasteiger partial charge on any atom is 0.338 e. The number of nitrogens with one attached hydrogen (secondary N) is 1. The standard InChI is InChI=1S/C16H15F2N3O4/c1-2-11(20-15-6-4-12(8-19-15)21(23)24)9-25-16(22)10-3-5-13(17)14(18)7-10/h3-8,11H,2,9H2,1H3,(H,19,20). The van der Waals surface area contributed by atoms with E-state index >= 15 is 0 Å². The van der Waals surface area contributed by atoms with Crippen LogP contribution < -0.4 is 5.32 Å². The van der Waals surface area contributed by atoms with E-state index in [9.17, 15) is 23.7 Å². The number of carbonyl (C=O) groups excluding carboxylic acids is 1. The lowest BCUT2D eigenvalue weighted by molar-refractivity contribution is -0.385. The molecule has 1 atom stereocenters. The van der Waals surface area contributed by atoms with Crippen LogP contribution in [0.15, 0.2) is 36.5 Å². The van der Waals surface area contributed by atoms with Gasteiger partial charge in [-0.3, -0.25) is 10.1 Å². The van der Waals surface area contributed by atoms with E-state index in [1.807, 2.05) is 6.92 Å². The van der Waals surface area contributed by atoms with Crippen LogP contribution in [-0.4, -0.2) is 28.5 Å². The van der Waals surface area contributed by atoms with Gasteiger partial charge in [0.25, 0.3) is 5.69 Å². The summed E-state index contributed by atoms with van der Waals surface area (Å²) in [5, 5.41) is 13.6. The Morgan fingerprint density at radius 1 is 1.32 bits per heavy atom. The number of ether oxygens (including phenoxy) is 1. The van der Waals surface area contributed by atoms with Crippen LogP contribution in [-0.2, 0) is 4.74 Å². The summed E-state index contributed by atoms with van der Waals surface area (Å²) in [6.07, 6.45) is 1.69. The number of aromatic nitrogens is 1. The van der Waals surface area contributed by atoms with E-state index in [2.05, 4.69) is 10.3 Å². The van der Waals surface area contributed by atoms with Crippen molar-refractivity contribution in [2.24, 2.45) is 0 Å². The van der Waals surface area contributed by atoms with Gasteiger partial charge in [-0.1, -0.05) is 6.92 Å². The van der Waals surface area contributed by atoms with Crippen molar-refractivity contribution in [1.29, 1.82) is 0 Å². The minimum atomic E-state index is -1.13. The van der Waals surface area contributed by atoms with Crippen molar-refractivity contribution in [3.8, 4) is 0 Å². The fourth-order valence-electron chi connectivity index (χ4n) is 1.93. The Balaban J connectivity index is 1.93. The highest BCUT2D eigenvalue weighted by Gasteiger charge is 2.15. The van der Waals surface area contributed by atoms with E-state index < -0.39 is 22.5 Å². The monoisotopic (exact) mass is 351 g/mol. The van der Waals surface area contributed by atoms with Gasteiger partial charge in [0, 0.05) is 6.07 Å². The second-order valence-electron chi connectivity index (χ2n) is 5.14. The molecule has 0 saturated carbocycles. The van der Waals surface area contributed by atoms with Crippen molar-refractivity contribution in [3.05, 3.63) is 63.8 Å². The molecular formula is C16H15F2N3O4. The summed E-state index contributed by atoms with van der Waals surface area (Å²) in [4.78, 5) is 25.8. The lowest BCUT2D eigenvalue weighted by atomic mass is 10.2. The zero-order valence-electron chi connectivity index (χ0n) is 13.2. The third kappa shape index (κ3) is 4.93. The van der Waals surface area contributed by atoms with Crippen LogP contribution in [0, 0.1) is 21.7 Å². The maximum atomic E-state index is 13.1. The molecule has 1 unspecified atom stereocenters. The van der Waals surface area contributed by atoms with Crippen LogP contribution in [0.2, 0.25) is 0 Å². The molecule has 0 fully saturated rings. The SMILES string of the molecule is CCC(COC(=O)c1ccc(F)c(F)c1)Nc1ccc([N+](=O)[O-])cn1. The molecule has 25 heavy (non-hydrogen) atoms. The van der Waals surface area contributed by atoms with Crippen molar-refractivity contribution >= 4 is 17.5 Å². The summed E-state index contributed by atoms with van der Waals surface area (Å²) in [6, 6.07) is 5.19. The van der Waals surface area contributed by atoms with Gasteiger partial charge in [0.2, 0.25) is 0 Å². The molecule has 0 bridgehead atoms. The van der Waals surface area contributed by atoms with E-state index in [0.29, 0.717) is 12.2 Å². The average molecular weight is 351 g/mol. The maximum absolute atomic E-state index is 13.1. The van der Waals surface area contributed by atoms with Gasteiger partial charge in [-0.05, 0) is 30.7 Å². The Morgan fingerprint density at radius 3 is 2.64 bits per heavy atom. The molecule has 1 heterocycles. The Labute approximate surface area is 141 Å². The van der Waals surface area contributed by atoms with Gasteiger partial charge >= 0.3 is 5.97 Å². The number of benzene rings is 1. The van der Waals surface area contributed by atoms with E-state index in [4.69, 9.17) is 4.74 Å². The summed E-state index contributed by atoms with van der Waals surface area (Å²) >= 11 is 0. The van der Waals surface area contributed by atoms with Gasteiger partial charge in [0.1, 0.15) is 18.6 Å². The summed E-state index contributed by atoms with van der Waals surface area (Å²) in [6.45, 7) is 1.81. The molecule has 132 valence electrons. The third-order valence-corrected chi connectivity index (χ3v) is 3.37. The highest BCUT2D eigenvalue weighted by Crippen LogP contribution is 2.14. The Bertz CT molecular complexity index is 768. The molecule has 2 rings (SSSR count). The Kier molecular flexibility index (Phi) is 5.93. The van der Waals surface area contributed by atoms with Crippen molar-refractivity contribution in [1.82, 2.24) is 4.98 Å². The van der Waals surface area contributed by atoms with Crippen LogP contribution in [0.25, 0.3) is 0 Å². The molecule has 0 aliphatic heterocycles. The first-order chi connectivity index (χ1) is 11.9. The second-order valence-corrected chi connectivity index (χ2v) is 5.14. The molecule has 0 spiro atoms. The average Bonchev–Trinajstić information content (AvgIpc) is 2.61. The van der Waals surface area contributed by atoms with Crippen LogP contribution in [0.4, 0.5) is 20.3 Å². The minimum absolute atomic E-state index is 0.0347. The van der Waals surface area contributed by atoms with Gasteiger partial charge in [-0.25, -0.2) is 18.6 Å². The summed E-state index contributed by atoms with van der Waals surface area (Å²) in [5.74, 6) is -2.57. The van der Waals surface area contributed by atoms with Crippen molar-refractivity contribution < 1.29 is 23.2 Å². The molecule has 1 N–H and O–H groups in total. The zero-order valence-corrected chi connectivity index (χ0v) is 13.2. The molecule has 0 amide bonds. The number of rotatable bonds is 7. The fraction of sp³-hybridized carbons (Fsp3) is 0.250. The highest BCUT2D eigenvalue weighted by molar-refractivity contribution is 5.89. The lowest BCUT2D eigenvalue weighted by Crippen LogP contribution is -2.26. The van der Waals surface area contributed by atoms with E-state index in [1.165, 1.54) is 12.1 Å². The number of halogens is 2. The molecule has 2 aromatic rings. The molecule has 1 aromatic heterocycles. The fourth-order valence-corrected chi connectivity index (χ4v) is 1.93. The predicted octanol–water partition coefficient (Wildman–Crippen LogP) is 3.32. The molecule has 0 aliphatic carbocycles. The number of esters is 1. The highest BCUT2D eigenvalue weighted by atomic mass is 19.2. The van der Waals surface area contributed by atoms with Crippen LogP contribution in [0.3, 0.4) is 0 Å². The minimum Gasteiger partial charge on any atom is -0.460 e. The first kappa shape index (κ1) is 18.2. The van der Waals surface area contributed by atoms with Crippen molar-refractivity contribution in [2.75, 3.05) is 11.9 Å². The molecule has 7 nitrogen and oxygen atoms in total. The Morgan fingerprint density at radius 2 is 2.08 bits per heavy atom. The van der Waals surface area contributed by atoms with Crippen molar-refractivity contribution in [3.63, 3.8) is 0 Å². The van der Waals surface area contributed by atoms with E-state index in [1.54, 1.807) is 0 Å². The van der Waals surface area contributed by atoms with Gasteiger partial charge in [-0.2, -0.15) is 0 Å². The van der Waals surface area contributed by atoms with Crippen LogP contribution >= 0.6 is 0 Å². The van der Waals surface area contributed by atoms with Gasteiger partial charge in [0.15, 0.2) is 11.6 Å². The van der Waals surface area contributed by atoms with Crippen LogP contribution in [0.1, 0.15) is 23.7 Å². The number of carbonyl (C=O) groups is 1. The molecule has 0 aliphatic rings. The summed E-state index contributed by atoms with van der Waals surface area (Å²) < 4.78 is 31.1. The van der Waals surface area contributed by atoms with Crippen molar-refractivity contribution in [2.45, 2.75) is 19.4 Å². The molecule has 1 aromatic carbocycles. The van der Waals surface area contributed by atoms with Crippen LogP contribution in [0.5, 0.6) is 0 Å².